The summed E-state index contributed by atoms with van der Waals surface area (Å²) in [5, 5.41) is 3.82. The van der Waals surface area contributed by atoms with Crippen LogP contribution in [0.1, 0.15) is 12.7 Å². The molecular formula is C12H13BrFN3O2. The van der Waals surface area contributed by atoms with Crippen LogP contribution in [0.2, 0.25) is 0 Å². The van der Waals surface area contributed by atoms with Crippen LogP contribution in [0.4, 0.5) is 4.39 Å². The molecule has 1 atom stereocenters. The molecule has 1 aromatic carbocycles. The first kappa shape index (κ1) is 14.1. The Hall–Kier alpha value is -1.31. The van der Waals surface area contributed by atoms with Crippen molar-refractivity contribution in [2.75, 3.05) is 13.7 Å². The van der Waals surface area contributed by atoms with Crippen molar-refractivity contribution >= 4 is 15.9 Å². The molecule has 7 heteroatoms. The highest BCUT2D eigenvalue weighted by molar-refractivity contribution is 9.10. The number of aromatic nitrogens is 2. The summed E-state index contributed by atoms with van der Waals surface area (Å²) in [6, 6.07) is 4.58. The second kappa shape index (κ2) is 5.36. The third-order valence-electron chi connectivity index (χ3n) is 2.56. The molecule has 1 aromatic heterocycles. The molecule has 2 rings (SSSR count). The van der Waals surface area contributed by atoms with E-state index in [2.05, 4.69) is 26.1 Å². The topological polar surface area (TPSA) is 74.2 Å². The number of halogens is 2. The smallest absolute Gasteiger partial charge is 0.259 e. The number of benzene rings is 1. The lowest BCUT2D eigenvalue weighted by Gasteiger charge is -2.18. The van der Waals surface area contributed by atoms with Gasteiger partial charge in [0, 0.05) is 7.11 Å². The zero-order valence-corrected chi connectivity index (χ0v) is 12.1. The zero-order chi connectivity index (χ0) is 14.0. The highest BCUT2D eigenvalue weighted by Gasteiger charge is 2.28. The summed E-state index contributed by atoms with van der Waals surface area (Å²) in [6.07, 6.45) is 0. The zero-order valence-electron chi connectivity index (χ0n) is 10.5. The molecule has 0 aliphatic carbocycles. The molecule has 0 amide bonds. The fourth-order valence-corrected chi connectivity index (χ4v) is 2.03. The van der Waals surface area contributed by atoms with Crippen LogP contribution in [0, 0.1) is 5.82 Å². The van der Waals surface area contributed by atoms with Gasteiger partial charge in [-0.25, -0.2) is 4.39 Å². The fraction of sp³-hybridized carbons (Fsp3) is 0.333. The van der Waals surface area contributed by atoms with E-state index >= 15 is 0 Å². The lowest BCUT2D eigenvalue weighted by atomic mass is 10.1. The number of rotatable bonds is 4. The van der Waals surface area contributed by atoms with Crippen molar-refractivity contribution in [3.63, 3.8) is 0 Å². The van der Waals surface area contributed by atoms with Crippen LogP contribution in [0.5, 0.6) is 0 Å². The first-order chi connectivity index (χ1) is 8.95. The summed E-state index contributed by atoms with van der Waals surface area (Å²) < 4.78 is 23.8. The normalized spacial score (nSPS) is 14.4. The Bertz CT molecular complexity index is 586. The van der Waals surface area contributed by atoms with E-state index < -0.39 is 11.4 Å². The van der Waals surface area contributed by atoms with Gasteiger partial charge >= 0.3 is 0 Å². The molecule has 102 valence electrons. The average molecular weight is 330 g/mol. The number of methoxy groups -OCH3 is 1. The molecule has 0 radical (unpaired) electrons. The van der Waals surface area contributed by atoms with Crippen LogP contribution in [-0.4, -0.2) is 23.9 Å². The number of nitrogens with two attached hydrogens (primary N) is 1. The number of nitrogens with zero attached hydrogens (tertiary/aromatic N) is 2. The minimum absolute atomic E-state index is 0.203. The molecule has 2 aromatic rings. The second-order valence-corrected chi connectivity index (χ2v) is 5.17. The van der Waals surface area contributed by atoms with E-state index in [1.807, 2.05) is 0 Å². The number of ether oxygens (including phenoxy) is 1. The molecule has 1 unspecified atom stereocenters. The van der Waals surface area contributed by atoms with Crippen LogP contribution < -0.4 is 5.73 Å². The Labute approximate surface area is 118 Å². The van der Waals surface area contributed by atoms with Gasteiger partial charge in [0.05, 0.1) is 16.6 Å². The van der Waals surface area contributed by atoms with Gasteiger partial charge < -0.3 is 15.0 Å². The molecule has 19 heavy (non-hydrogen) atoms. The van der Waals surface area contributed by atoms with Gasteiger partial charge in [-0.1, -0.05) is 11.2 Å². The van der Waals surface area contributed by atoms with Gasteiger partial charge in [0.25, 0.3) is 5.89 Å². The summed E-state index contributed by atoms with van der Waals surface area (Å²) in [7, 11) is 1.54. The standard InChI is InChI=1S/C12H13BrFN3O2/c1-12(15,6-18-2)11-16-10(19-17-11)7-4-3-5-8(14)9(7)13/h3-5H,6,15H2,1-2H3. The van der Waals surface area contributed by atoms with Crippen molar-refractivity contribution < 1.29 is 13.7 Å². The van der Waals surface area contributed by atoms with Crippen LogP contribution in [0.3, 0.4) is 0 Å². The van der Waals surface area contributed by atoms with Gasteiger partial charge in [0.2, 0.25) is 0 Å². The Morgan fingerprint density at radius 2 is 2.26 bits per heavy atom. The first-order valence-corrected chi connectivity index (χ1v) is 6.31. The van der Waals surface area contributed by atoms with Gasteiger partial charge in [-0.05, 0) is 35.0 Å². The van der Waals surface area contributed by atoms with Crippen LogP contribution in [0.25, 0.3) is 11.5 Å². The van der Waals surface area contributed by atoms with Crippen LogP contribution >= 0.6 is 15.9 Å². The van der Waals surface area contributed by atoms with E-state index in [1.165, 1.54) is 13.2 Å². The Kier molecular flexibility index (Phi) is 3.98. The summed E-state index contributed by atoms with van der Waals surface area (Å²) in [4.78, 5) is 4.19. The third kappa shape index (κ3) is 2.83. The predicted molar refractivity (Wildman–Crippen MR) is 70.8 cm³/mol. The minimum atomic E-state index is -0.865. The van der Waals surface area contributed by atoms with E-state index in [-0.39, 0.29) is 17.0 Å². The van der Waals surface area contributed by atoms with E-state index in [9.17, 15) is 4.39 Å². The molecule has 0 saturated heterocycles. The van der Waals surface area contributed by atoms with Crippen molar-refractivity contribution in [1.29, 1.82) is 0 Å². The first-order valence-electron chi connectivity index (χ1n) is 5.52. The van der Waals surface area contributed by atoms with E-state index in [4.69, 9.17) is 15.0 Å². The minimum Gasteiger partial charge on any atom is -0.382 e. The SMILES string of the molecule is COCC(C)(N)c1noc(-c2cccc(F)c2Br)n1. The van der Waals surface area contributed by atoms with E-state index in [0.717, 1.165) is 0 Å². The largest absolute Gasteiger partial charge is 0.382 e. The van der Waals surface area contributed by atoms with Crippen LogP contribution in [-0.2, 0) is 10.3 Å². The molecule has 2 N–H and O–H groups in total. The second-order valence-electron chi connectivity index (χ2n) is 4.37. The predicted octanol–water partition coefficient (Wildman–Crippen LogP) is 2.46. The van der Waals surface area contributed by atoms with Crippen LogP contribution in [0.15, 0.2) is 27.2 Å². The summed E-state index contributed by atoms with van der Waals surface area (Å²) in [5.74, 6) is 0.110. The van der Waals surface area contributed by atoms with Crippen molar-refractivity contribution in [1.82, 2.24) is 10.1 Å². The van der Waals surface area contributed by atoms with Gasteiger partial charge in [-0.15, -0.1) is 0 Å². The highest BCUT2D eigenvalue weighted by atomic mass is 79.9. The Morgan fingerprint density at radius 3 is 2.95 bits per heavy atom. The fourth-order valence-electron chi connectivity index (χ4n) is 1.60. The molecule has 0 aliphatic rings. The molecule has 1 heterocycles. The summed E-state index contributed by atoms with van der Waals surface area (Å²) in [5.41, 5.74) is 5.63. The maximum Gasteiger partial charge on any atom is 0.259 e. The third-order valence-corrected chi connectivity index (χ3v) is 3.37. The van der Waals surface area contributed by atoms with Gasteiger partial charge in [0.1, 0.15) is 11.4 Å². The number of hydrogen-bond acceptors (Lipinski definition) is 5. The maximum absolute atomic E-state index is 13.4. The molecule has 0 fully saturated rings. The van der Waals surface area contributed by atoms with E-state index in [1.54, 1.807) is 19.1 Å². The highest BCUT2D eigenvalue weighted by Crippen LogP contribution is 2.30. The van der Waals surface area contributed by atoms with Crippen molar-refractivity contribution in [3.05, 3.63) is 34.3 Å². The summed E-state index contributed by atoms with van der Waals surface area (Å²) >= 11 is 3.15. The van der Waals surface area contributed by atoms with Gasteiger partial charge in [-0.2, -0.15) is 4.98 Å². The molecule has 0 bridgehead atoms. The van der Waals surface area contributed by atoms with E-state index in [0.29, 0.717) is 11.4 Å². The average Bonchev–Trinajstić information content (AvgIpc) is 2.82. The Balaban J connectivity index is 2.39. The van der Waals surface area contributed by atoms with Crippen molar-refractivity contribution in [2.24, 2.45) is 5.73 Å². The molecular weight excluding hydrogens is 317 g/mol. The van der Waals surface area contributed by atoms with Crippen molar-refractivity contribution in [2.45, 2.75) is 12.5 Å². The number of hydrogen-bond donors (Lipinski definition) is 1. The van der Waals surface area contributed by atoms with Crippen molar-refractivity contribution in [3.8, 4) is 11.5 Å². The molecule has 0 aliphatic heterocycles. The van der Waals surface area contributed by atoms with Gasteiger partial charge in [-0.3, -0.25) is 0 Å². The molecule has 5 nitrogen and oxygen atoms in total. The van der Waals surface area contributed by atoms with Gasteiger partial charge in [0.15, 0.2) is 5.82 Å². The molecule has 0 saturated carbocycles. The monoisotopic (exact) mass is 329 g/mol. The maximum atomic E-state index is 13.4. The lowest BCUT2D eigenvalue weighted by molar-refractivity contribution is 0.135. The lowest BCUT2D eigenvalue weighted by Crippen LogP contribution is -2.38. The Morgan fingerprint density at radius 1 is 1.53 bits per heavy atom. The quantitative estimate of drug-likeness (QED) is 0.932. The molecule has 0 spiro atoms. The summed E-state index contributed by atoms with van der Waals surface area (Å²) in [6.45, 7) is 1.97.